The van der Waals surface area contributed by atoms with Crippen LogP contribution in [0.5, 0.6) is 0 Å². The Morgan fingerprint density at radius 2 is 1.56 bits per heavy atom. The molecule has 0 radical (unpaired) electrons. The molecule has 0 aliphatic carbocycles. The van der Waals surface area contributed by atoms with Crippen molar-refractivity contribution in [2.24, 2.45) is 23.2 Å². The number of aliphatic carboxylic acids is 1. The molecule has 0 aliphatic heterocycles. The number of hydrogen-bond acceptors (Lipinski definition) is 1. The first-order chi connectivity index (χ1) is 7.17. The Labute approximate surface area is 100 Å². The van der Waals surface area contributed by atoms with Gasteiger partial charge in [-0.25, -0.2) is 0 Å². The molecule has 0 aromatic rings. The summed E-state index contributed by atoms with van der Waals surface area (Å²) >= 11 is 0. The van der Waals surface area contributed by atoms with E-state index in [1.165, 1.54) is 0 Å². The van der Waals surface area contributed by atoms with E-state index in [9.17, 15) is 9.90 Å². The molecule has 1 N–H and O–H groups in total. The van der Waals surface area contributed by atoms with Gasteiger partial charge in [-0.05, 0) is 43.9 Å². The third kappa shape index (κ3) is 5.53. The molecule has 0 rings (SSSR count). The van der Waals surface area contributed by atoms with Crippen LogP contribution in [-0.4, -0.2) is 11.1 Å². The van der Waals surface area contributed by atoms with Crippen molar-refractivity contribution in [3.8, 4) is 0 Å². The summed E-state index contributed by atoms with van der Waals surface area (Å²) in [6.45, 7) is 12.6. The maximum Gasteiger partial charge on any atom is 0.309 e. The average Bonchev–Trinajstić information content (AvgIpc) is 1.98. The lowest BCUT2D eigenvalue weighted by Gasteiger charge is -2.30. The Bertz CT molecular complexity index is 221. The number of carboxylic acid groups (broad SMARTS) is 1. The van der Waals surface area contributed by atoms with Gasteiger partial charge in [-0.15, -0.1) is 0 Å². The van der Waals surface area contributed by atoms with E-state index in [1.807, 2.05) is 6.92 Å². The summed E-state index contributed by atoms with van der Waals surface area (Å²) in [7, 11) is 0. The molecule has 0 spiro atoms. The van der Waals surface area contributed by atoms with Gasteiger partial charge in [0.05, 0.1) is 5.41 Å². The Hall–Kier alpha value is -0.530. The molecule has 96 valence electrons. The number of hydrogen-bond donors (Lipinski definition) is 1. The second-order valence-corrected chi connectivity index (χ2v) is 6.40. The van der Waals surface area contributed by atoms with Gasteiger partial charge in [-0.2, -0.15) is 0 Å². The van der Waals surface area contributed by atoms with Crippen molar-refractivity contribution in [1.82, 2.24) is 0 Å². The van der Waals surface area contributed by atoms with Gasteiger partial charge in [0.25, 0.3) is 0 Å². The zero-order valence-electron chi connectivity index (χ0n) is 11.7. The number of carboxylic acids is 1. The molecule has 0 aromatic carbocycles. The minimum absolute atomic E-state index is 0.437. The Balaban J connectivity index is 4.49. The van der Waals surface area contributed by atoms with Gasteiger partial charge >= 0.3 is 5.97 Å². The summed E-state index contributed by atoms with van der Waals surface area (Å²) in [5, 5.41) is 9.36. The normalized spacial score (nSPS) is 17.5. The van der Waals surface area contributed by atoms with Crippen molar-refractivity contribution in [2.45, 2.75) is 60.8 Å². The van der Waals surface area contributed by atoms with Gasteiger partial charge in [0.15, 0.2) is 0 Å². The topological polar surface area (TPSA) is 37.3 Å². The maximum atomic E-state index is 11.4. The standard InChI is InChI=1S/C14H28O2/c1-10(2)7-12(5)9-14(6,13(15)16)8-11(3)4/h10-12H,7-9H2,1-6H3,(H,15,16). The highest BCUT2D eigenvalue weighted by Gasteiger charge is 2.35. The monoisotopic (exact) mass is 228 g/mol. The van der Waals surface area contributed by atoms with Crippen LogP contribution >= 0.6 is 0 Å². The molecule has 0 saturated carbocycles. The lowest BCUT2D eigenvalue weighted by Crippen LogP contribution is -2.31. The highest BCUT2D eigenvalue weighted by Crippen LogP contribution is 2.35. The second-order valence-electron chi connectivity index (χ2n) is 6.40. The first-order valence-corrected chi connectivity index (χ1v) is 6.40. The zero-order chi connectivity index (χ0) is 12.9. The largest absolute Gasteiger partial charge is 0.481 e. The van der Waals surface area contributed by atoms with E-state index in [0.717, 1.165) is 19.3 Å². The summed E-state index contributed by atoms with van der Waals surface area (Å²) < 4.78 is 0. The van der Waals surface area contributed by atoms with Crippen molar-refractivity contribution in [2.75, 3.05) is 0 Å². The zero-order valence-corrected chi connectivity index (χ0v) is 11.7. The van der Waals surface area contributed by atoms with E-state index in [2.05, 4.69) is 34.6 Å². The van der Waals surface area contributed by atoms with E-state index < -0.39 is 11.4 Å². The van der Waals surface area contributed by atoms with Crippen molar-refractivity contribution in [3.63, 3.8) is 0 Å². The molecular weight excluding hydrogens is 200 g/mol. The fraction of sp³-hybridized carbons (Fsp3) is 0.929. The fourth-order valence-electron chi connectivity index (χ4n) is 2.82. The van der Waals surface area contributed by atoms with Gasteiger partial charge in [-0.3, -0.25) is 4.79 Å². The maximum absolute atomic E-state index is 11.4. The van der Waals surface area contributed by atoms with E-state index >= 15 is 0 Å². The van der Waals surface area contributed by atoms with Crippen molar-refractivity contribution < 1.29 is 9.90 Å². The van der Waals surface area contributed by atoms with Crippen LogP contribution in [0.1, 0.15) is 60.8 Å². The molecule has 0 heterocycles. The fourth-order valence-corrected chi connectivity index (χ4v) is 2.82. The smallest absolute Gasteiger partial charge is 0.309 e. The van der Waals surface area contributed by atoms with Gasteiger partial charge in [0.1, 0.15) is 0 Å². The molecule has 2 unspecified atom stereocenters. The van der Waals surface area contributed by atoms with Crippen LogP contribution in [-0.2, 0) is 4.79 Å². The molecular formula is C14H28O2. The minimum Gasteiger partial charge on any atom is -0.481 e. The quantitative estimate of drug-likeness (QED) is 0.709. The van der Waals surface area contributed by atoms with Crippen LogP contribution in [0.15, 0.2) is 0 Å². The lowest BCUT2D eigenvalue weighted by atomic mass is 9.74. The van der Waals surface area contributed by atoms with Gasteiger partial charge < -0.3 is 5.11 Å². The van der Waals surface area contributed by atoms with E-state index in [4.69, 9.17) is 0 Å². The molecule has 0 bridgehead atoms. The second kappa shape index (κ2) is 6.27. The number of carbonyl (C=O) groups is 1. The Morgan fingerprint density at radius 1 is 1.06 bits per heavy atom. The predicted octanol–water partition coefficient (Wildman–Crippen LogP) is 4.20. The molecule has 0 aromatic heterocycles. The lowest BCUT2D eigenvalue weighted by molar-refractivity contribution is -0.150. The summed E-state index contributed by atoms with van der Waals surface area (Å²) in [5.41, 5.74) is -0.553. The first kappa shape index (κ1) is 15.5. The van der Waals surface area contributed by atoms with Gasteiger partial charge in [0.2, 0.25) is 0 Å². The van der Waals surface area contributed by atoms with E-state index in [0.29, 0.717) is 17.8 Å². The highest BCUT2D eigenvalue weighted by molar-refractivity contribution is 5.74. The predicted molar refractivity (Wildman–Crippen MR) is 68.4 cm³/mol. The van der Waals surface area contributed by atoms with Crippen molar-refractivity contribution in [1.29, 1.82) is 0 Å². The molecule has 0 amide bonds. The summed E-state index contributed by atoms with van der Waals surface area (Å²) in [4.78, 5) is 11.4. The van der Waals surface area contributed by atoms with Crippen LogP contribution in [0, 0.1) is 23.2 Å². The van der Waals surface area contributed by atoms with Crippen LogP contribution in [0.3, 0.4) is 0 Å². The average molecular weight is 228 g/mol. The molecule has 0 saturated heterocycles. The summed E-state index contributed by atoms with van der Waals surface area (Å²) in [6.07, 6.45) is 2.67. The van der Waals surface area contributed by atoms with Crippen molar-refractivity contribution in [3.05, 3.63) is 0 Å². The van der Waals surface area contributed by atoms with Crippen LogP contribution in [0.2, 0.25) is 0 Å². The van der Waals surface area contributed by atoms with Crippen LogP contribution < -0.4 is 0 Å². The SMILES string of the molecule is CC(C)CC(C)CC(C)(CC(C)C)C(=O)O. The molecule has 2 nitrogen and oxygen atoms in total. The van der Waals surface area contributed by atoms with Crippen LogP contribution in [0.25, 0.3) is 0 Å². The Kier molecular flexibility index (Phi) is 6.06. The third-order valence-electron chi connectivity index (χ3n) is 3.05. The molecule has 16 heavy (non-hydrogen) atoms. The van der Waals surface area contributed by atoms with E-state index in [-0.39, 0.29) is 0 Å². The van der Waals surface area contributed by atoms with Gasteiger partial charge in [-0.1, -0.05) is 34.6 Å². The van der Waals surface area contributed by atoms with Crippen LogP contribution in [0.4, 0.5) is 0 Å². The molecule has 2 heteroatoms. The van der Waals surface area contributed by atoms with E-state index in [1.54, 1.807) is 0 Å². The first-order valence-electron chi connectivity index (χ1n) is 6.40. The molecule has 0 fully saturated rings. The molecule has 0 aliphatic rings. The number of rotatable bonds is 7. The molecule has 2 atom stereocenters. The highest BCUT2D eigenvalue weighted by atomic mass is 16.4. The summed E-state index contributed by atoms with van der Waals surface area (Å²) in [5.74, 6) is 0.927. The van der Waals surface area contributed by atoms with Gasteiger partial charge in [0, 0.05) is 0 Å². The Morgan fingerprint density at radius 3 is 1.88 bits per heavy atom. The summed E-state index contributed by atoms with van der Waals surface area (Å²) in [6, 6.07) is 0. The minimum atomic E-state index is -0.642. The van der Waals surface area contributed by atoms with Crippen molar-refractivity contribution >= 4 is 5.97 Å². The third-order valence-corrected chi connectivity index (χ3v) is 3.05.